The Hall–Kier alpha value is -2.36. The molecule has 1 fully saturated rings. The molecule has 0 saturated carbocycles. The van der Waals surface area contributed by atoms with Crippen LogP contribution in [0.15, 0.2) is 30.5 Å². The molecule has 2 aromatic rings. The molecule has 3 atom stereocenters. The van der Waals surface area contributed by atoms with Gasteiger partial charge in [0.1, 0.15) is 0 Å². The lowest BCUT2D eigenvalue weighted by atomic mass is 9.80. The number of aromatic amines is 1. The first kappa shape index (κ1) is 20.4. The Bertz CT molecular complexity index is 840. The summed E-state index contributed by atoms with van der Waals surface area (Å²) in [5.41, 5.74) is 8.11. The van der Waals surface area contributed by atoms with E-state index in [-0.39, 0.29) is 24.7 Å². The van der Waals surface area contributed by atoms with Gasteiger partial charge in [0.25, 0.3) is 0 Å². The van der Waals surface area contributed by atoms with Crippen LogP contribution in [0.4, 0.5) is 0 Å². The molecule has 1 aromatic heterocycles. The zero-order valence-corrected chi connectivity index (χ0v) is 15.6. The van der Waals surface area contributed by atoms with Crippen molar-refractivity contribution in [1.82, 2.24) is 9.88 Å². The highest BCUT2D eigenvalue weighted by atomic mass is 16.4. The van der Waals surface area contributed by atoms with Gasteiger partial charge in [-0.25, -0.2) is 0 Å². The SMILES string of the molecule is NC(Cc1c[nH]c2ccccc12)C(=O)N1C[C@H](CCCB(O)O)[C@H](C(=O)O)C1. The number of carboxylic acids is 1. The van der Waals surface area contributed by atoms with Crippen LogP contribution < -0.4 is 5.73 Å². The molecule has 8 nitrogen and oxygen atoms in total. The first-order chi connectivity index (χ1) is 13.4. The van der Waals surface area contributed by atoms with E-state index in [1.807, 2.05) is 30.5 Å². The third-order valence-corrected chi connectivity index (χ3v) is 5.54. The van der Waals surface area contributed by atoms with E-state index in [2.05, 4.69) is 4.98 Å². The van der Waals surface area contributed by atoms with E-state index < -0.39 is 25.0 Å². The Morgan fingerprint density at radius 3 is 2.75 bits per heavy atom. The lowest BCUT2D eigenvalue weighted by molar-refractivity contribution is -0.142. The van der Waals surface area contributed by atoms with Crippen LogP contribution in [0.25, 0.3) is 10.9 Å². The zero-order valence-electron chi connectivity index (χ0n) is 15.6. The highest BCUT2D eigenvalue weighted by Gasteiger charge is 2.40. The molecule has 28 heavy (non-hydrogen) atoms. The van der Waals surface area contributed by atoms with Crippen LogP contribution in [0.5, 0.6) is 0 Å². The molecule has 150 valence electrons. The van der Waals surface area contributed by atoms with Crippen LogP contribution in [0.2, 0.25) is 6.32 Å². The Morgan fingerprint density at radius 2 is 2.04 bits per heavy atom. The van der Waals surface area contributed by atoms with Gasteiger partial charge < -0.3 is 30.8 Å². The number of benzene rings is 1. The summed E-state index contributed by atoms with van der Waals surface area (Å²) in [6.07, 6.45) is 3.44. The number of H-pyrrole nitrogens is 1. The molecule has 0 bridgehead atoms. The maximum atomic E-state index is 12.8. The van der Waals surface area contributed by atoms with Gasteiger partial charge in [-0.3, -0.25) is 9.59 Å². The molecule has 1 amide bonds. The minimum atomic E-state index is -1.40. The number of carboxylic acid groups (broad SMARTS) is 1. The largest absolute Gasteiger partial charge is 0.481 e. The van der Waals surface area contributed by atoms with Gasteiger partial charge in [0.2, 0.25) is 5.91 Å². The quantitative estimate of drug-likeness (QED) is 0.417. The van der Waals surface area contributed by atoms with Crippen molar-refractivity contribution >= 4 is 29.9 Å². The molecule has 1 aliphatic rings. The number of amides is 1. The summed E-state index contributed by atoms with van der Waals surface area (Å²) in [5, 5.41) is 28.4. The molecule has 9 heteroatoms. The molecule has 1 aromatic carbocycles. The normalized spacial score (nSPS) is 20.5. The number of nitrogens with two attached hydrogens (primary N) is 1. The number of fused-ring (bicyclic) bond motifs is 1. The van der Waals surface area contributed by atoms with Crippen molar-refractivity contribution in [2.75, 3.05) is 13.1 Å². The molecule has 1 unspecified atom stereocenters. The molecule has 0 spiro atoms. The van der Waals surface area contributed by atoms with Crippen LogP contribution >= 0.6 is 0 Å². The number of hydrogen-bond acceptors (Lipinski definition) is 5. The standard InChI is InChI=1S/C19H26BN3O5/c21-16(8-13-9-22-17-6-2-1-5-14(13)17)18(24)23-10-12(4-3-7-20(27)28)15(11-23)19(25)26/h1-2,5-6,9,12,15-16,22,27-28H,3-4,7-8,10-11,21H2,(H,25,26)/t12-,15+,16?/m0/s1. The van der Waals surface area contributed by atoms with Crippen molar-refractivity contribution in [3.05, 3.63) is 36.0 Å². The lowest BCUT2D eigenvalue weighted by Gasteiger charge is -2.21. The van der Waals surface area contributed by atoms with E-state index >= 15 is 0 Å². The number of hydrogen-bond donors (Lipinski definition) is 5. The minimum absolute atomic E-state index is 0.141. The zero-order chi connectivity index (χ0) is 20.3. The van der Waals surface area contributed by atoms with Gasteiger partial charge >= 0.3 is 13.1 Å². The minimum Gasteiger partial charge on any atom is -0.481 e. The number of aliphatic carboxylic acids is 1. The molecular formula is C19H26BN3O5. The van der Waals surface area contributed by atoms with Crippen molar-refractivity contribution in [3.63, 3.8) is 0 Å². The highest BCUT2D eigenvalue weighted by Crippen LogP contribution is 2.29. The predicted molar refractivity (Wildman–Crippen MR) is 105 cm³/mol. The molecule has 2 heterocycles. The summed E-state index contributed by atoms with van der Waals surface area (Å²) >= 11 is 0. The second-order valence-corrected chi connectivity index (χ2v) is 7.53. The van der Waals surface area contributed by atoms with E-state index in [1.165, 1.54) is 0 Å². The van der Waals surface area contributed by atoms with Crippen LogP contribution in [-0.2, 0) is 16.0 Å². The Labute approximate surface area is 163 Å². The van der Waals surface area contributed by atoms with Gasteiger partial charge in [-0.05, 0) is 36.7 Å². The van der Waals surface area contributed by atoms with E-state index in [9.17, 15) is 14.7 Å². The van der Waals surface area contributed by atoms with Gasteiger partial charge in [0.05, 0.1) is 12.0 Å². The van der Waals surface area contributed by atoms with Crippen LogP contribution in [-0.4, -0.2) is 63.2 Å². The maximum Gasteiger partial charge on any atom is 0.451 e. The molecule has 0 radical (unpaired) electrons. The van der Waals surface area contributed by atoms with Gasteiger partial charge in [0.15, 0.2) is 0 Å². The smallest absolute Gasteiger partial charge is 0.451 e. The molecule has 6 N–H and O–H groups in total. The molecule has 3 rings (SSSR count). The average molecular weight is 387 g/mol. The number of nitrogens with zero attached hydrogens (tertiary/aromatic N) is 1. The first-order valence-corrected chi connectivity index (χ1v) is 9.55. The van der Waals surface area contributed by atoms with Crippen LogP contribution in [0.1, 0.15) is 18.4 Å². The van der Waals surface area contributed by atoms with E-state index in [0.717, 1.165) is 16.5 Å². The molecule has 1 aliphatic heterocycles. The summed E-state index contributed by atoms with van der Waals surface area (Å²) in [6, 6.07) is 7.04. The van der Waals surface area contributed by atoms with Crippen LogP contribution in [0.3, 0.4) is 0 Å². The van der Waals surface area contributed by atoms with E-state index in [1.54, 1.807) is 4.90 Å². The van der Waals surface area contributed by atoms with Crippen molar-refractivity contribution in [2.24, 2.45) is 17.6 Å². The second-order valence-electron chi connectivity index (χ2n) is 7.53. The predicted octanol–water partition coefficient (Wildman–Crippen LogP) is 0.450. The Morgan fingerprint density at radius 1 is 1.29 bits per heavy atom. The van der Waals surface area contributed by atoms with Gasteiger partial charge in [-0.2, -0.15) is 0 Å². The average Bonchev–Trinajstić information content (AvgIpc) is 3.26. The topological polar surface area (TPSA) is 140 Å². The van der Waals surface area contributed by atoms with Crippen molar-refractivity contribution < 1.29 is 24.7 Å². The number of nitrogens with one attached hydrogen (secondary N) is 1. The summed E-state index contributed by atoms with van der Waals surface area (Å²) in [5.74, 6) is -2.04. The fraction of sp³-hybridized carbons (Fsp3) is 0.474. The molecule has 1 saturated heterocycles. The van der Waals surface area contributed by atoms with Gasteiger partial charge in [0, 0.05) is 30.2 Å². The van der Waals surface area contributed by atoms with E-state index in [4.69, 9.17) is 15.8 Å². The van der Waals surface area contributed by atoms with Crippen molar-refractivity contribution in [3.8, 4) is 0 Å². The van der Waals surface area contributed by atoms with Gasteiger partial charge in [-0.1, -0.05) is 24.6 Å². The van der Waals surface area contributed by atoms with Crippen LogP contribution in [0, 0.1) is 11.8 Å². The fourth-order valence-corrected chi connectivity index (χ4v) is 4.05. The maximum absolute atomic E-state index is 12.8. The monoisotopic (exact) mass is 387 g/mol. The lowest BCUT2D eigenvalue weighted by Crippen LogP contribution is -2.44. The molecular weight excluding hydrogens is 361 g/mol. The fourth-order valence-electron chi connectivity index (χ4n) is 4.05. The Kier molecular flexibility index (Phi) is 6.38. The van der Waals surface area contributed by atoms with Crippen molar-refractivity contribution in [2.45, 2.75) is 31.6 Å². The third kappa shape index (κ3) is 4.55. The van der Waals surface area contributed by atoms with E-state index in [0.29, 0.717) is 25.8 Å². The summed E-state index contributed by atoms with van der Waals surface area (Å²) in [6.45, 7) is 0.473. The second kappa shape index (κ2) is 8.77. The van der Waals surface area contributed by atoms with Gasteiger partial charge in [-0.15, -0.1) is 0 Å². The third-order valence-electron chi connectivity index (χ3n) is 5.54. The number of likely N-dealkylation sites (tertiary alicyclic amines) is 1. The first-order valence-electron chi connectivity index (χ1n) is 9.55. The summed E-state index contributed by atoms with van der Waals surface area (Å²) in [7, 11) is -1.40. The number of aromatic nitrogens is 1. The highest BCUT2D eigenvalue weighted by molar-refractivity contribution is 6.40. The number of para-hydroxylation sites is 1. The summed E-state index contributed by atoms with van der Waals surface area (Å²) in [4.78, 5) is 29.1. The molecule has 0 aliphatic carbocycles. The summed E-state index contributed by atoms with van der Waals surface area (Å²) < 4.78 is 0. The number of carbonyl (C=O) groups is 2. The van der Waals surface area contributed by atoms with Crippen molar-refractivity contribution in [1.29, 1.82) is 0 Å². The Balaban J connectivity index is 1.63. The number of rotatable bonds is 8. The number of carbonyl (C=O) groups excluding carboxylic acids is 1.